The molecule has 2 fully saturated rings. The summed E-state index contributed by atoms with van der Waals surface area (Å²) in [7, 11) is 1.87. The van der Waals surface area contributed by atoms with Gasteiger partial charge in [0.2, 0.25) is 0 Å². The molecule has 1 N–H and O–H groups in total. The Morgan fingerprint density at radius 1 is 1.11 bits per heavy atom. The molecular formula is C29H37FN6O2. The number of ether oxygens (including phenoxy) is 1. The number of halogens is 1. The summed E-state index contributed by atoms with van der Waals surface area (Å²) >= 11 is 0. The molecule has 0 bridgehead atoms. The molecule has 0 saturated carbocycles. The van der Waals surface area contributed by atoms with E-state index in [2.05, 4.69) is 36.1 Å². The molecule has 5 rings (SSSR count). The molecule has 0 aliphatic carbocycles. The zero-order valence-corrected chi connectivity index (χ0v) is 22.9. The first kappa shape index (κ1) is 26.2. The number of rotatable bonds is 4. The van der Waals surface area contributed by atoms with Crippen LogP contribution in [0.25, 0.3) is 22.4 Å². The second-order valence-electron chi connectivity index (χ2n) is 11.5. The fourth-order valence-corrected chi connectivity index (χ4v) is 5.25. The van der Waals surface area contributed by atoms with Crippen molar-refractivity contribution < 1.29 is 13.9 Å². The summed E-state index contributed by atoms with van der Waals surface area (Å²) in [5.41, 5.74) is 4.53. The molecular weight excluding hydrogens is 483 g/mol. The van der Waals surface area contributed by atoms with Crippen molar-refractivity contribution in [1.82, 2.24) is 19.7 Å². The highest BCUT2D eigenvalue weighted by molar-refractivity contribution is 5.91. The molecule has 38 heavy (non-hydrogen) atoms. The van der Waals surface area contributed by atoms with Crippen LogP contribution < -0.4 is 10.2 Å². The van der Waals surface area contributed by atoms with Crippen molar-refractivity contribution in [1.29, 1.82) is 0 Å². The number of carbonyl (C=O) groups excluding carboxylic acids is 1. The monoisotopic (exact) mass is 520 g/mol. The minimum absolute atomic E-state index is 0.128. The number of hydrogen-bond donors (Lipinski definition) is 1. The first-order valence-electron chi connectivity index (χ1n) is 13.3. The second-order valence-corrected chi connectivity index (χ2v) is 11.5. The lowest BCUT2D eigenvalue weighted by Crippen LogP contribution is -2.36. The lowest BCUT2D eigenvalue weighted by molar-refractivity contribution is 0.122. The zero-order valence-electron chi connectivity index (χ0n) is 22.9. The smallest absolute Gasteiger partial charge is 0.321 e. The first-order valence-corrected chi connectivity index (χ1v) is 13.3. The molecule has 9 heteroatoms. The van der Waals surface area contributed by atoms with Crippen LogP contribution in [0.5, 0.6) is 0 Å². The molecule has 8 nitrogen and oxygen atoms in total. The predicted octanol–water partition coefficient (Wildman–Crippen LogP) is 5.33. The number of hydrogen-bond acceptors (Lipinski definition) is 5. The molecule has 2 aromatic heterocycles. The molecule has 2 aliphatic rings. The number of carbonyl (C=O) groups is 1. The number of nitrogens with zero attached hydrogens (tertiary/aromatic N) is 5. The summed E-state index contributed by atoms with van der Waals surface area (Å²) in [6.07, 6.45) is 4.68. The van der Waals surface area contributed by atoms with Gasteiger partial charge in [0.05, 0.1) is 30.8 Å². The third-order valence-corrected chi connectivity index (χ3v) is 7.71. The Morgan fingerprint density at radius 3 is 2.53 bits per heavy atom. The number of anilines is 2. The standard InChI is InChI=1S/C29H37FN6O2/c1-19-12-24(30)26(33-28(37)36-7-6-22(18-36)29(2,3)4)15-23(19)20-13-25(21-16-31-34(5)17-21)32-27(14-20)35-8-10-38-11-9-35/h12-17,22H,6-11,18H2,1-5H3,(H,33,37). The molecule has 202 valence electrons. The van der Waals surface area contributed by atoms with Gasteiger partial charge in [0.15, 0.2) is 0 Å². The zero-order chi connectivity index (χ0) is 27.0. The number of aryl methyl sites for hydroxylation is 2. The average Bonchev–Trinajstić information content (AvgIpc) is 3.56. The number of likely N-dealkylation sites (tertiary alicyclic amines) is 1. The van der Waals surface area contributed by atoms with Crippen molar-refractivity contribution in [2.24, 2.45) is 18.4 Å². The van der Waals surface area contributed by atoms with Gasteiger partial charge in [-0.3, -0.25) is 4.68 Å². The van der Waals surface area contributed by atoms with E-state index in [-0.39, 0.29) is 17.1 Å². The summed E-state index contributed by atoms with van der Waals surface area (Å²) in [4.78, 5) is 22.0. The van der Waals surface area contributed by atoms with Gasteiger partial charge in [0, 0.05) is 45.0 Å². The number of benzene rings is 1. The van der Waals surface area contributed by atoms with Crippen molar-refractivity contribution >= 4 is 17.5 Å². The van der Waals surface area contributed by atoms with Gasteiger partial charge in [-0.2, -0.15) is 5.10 Å². The van der Waals surface area contributed by atoms with E-state index in [1.807, 2.05) is 32.3 Å². The molecule has 3 aromatic rings. The highest BCUT2D eigenvalue weighted by atomic mass is 19.1. The Balaban J connectivity index is 1.48. The summed E-state index contributed by atoms with van der Waals surface area (Å²) in [6.45, 7) is 12.6. The number of aromatic nitrogens is 3. The molecule has 0 radical (unpaired) electrons. The van der Waals surface area contributed by atoms with Crippen molar-refractivity contribution in [3.63, 3.8) is 0 Å². The van der Waals surface area contributed by atoms with Gasteiger partial charge in [-0.25, -0.2) is 14.2 Å². The maximum absolute atomic E-state index is 15.1. The van der Waals surface area contributed by atoms with Crippen LogP contribution in [0.4, 0.5) is 20.7 Å². The minimum atomic E-state index is -0.443. The molecule has 0 spiro atoms. The maximum Gasteiger partial charge on any atom is 0.321 e. The fourth-order valence-electron chi connectivity index (χ4n) is 5.25. The number of pyridine rings is 1. The topological polar surface area (TPSA) is 75.5 Å². The Bertz CT molecular complexity index is 1330. The third kappa shape index (κ3) is 5.53. The second kappa shape index (κ2) is 10.4. The number of morpholine rings is 1. The largest absolute Gasteiger partial charge is 0.378 e. The van der Waals surface area contributed by atoms with Gasteiger partial charge in [-0.15, -0.1) is 0 Å². The Kier molecular flexibility index (Phi) is 7.13. The Hall–Kier alpha value is -3.46. The van der Waals surface area contributed by atoms with Crippen LogP contribution in [0, 0.1) is 24.1 Å². The average molecular weight is 521 g/mol. The summed E-state index contributed by atoms with van der Waals surface area (Å²) in [5, 5.41) is 7.16. The van der Waals surface area contributed by atoms with E-state index in [0.29, 0.717) is 32.2 Å². The lowest BCUT2D eigenvalue weighted by atomic mass is 9.80. The molecule has 4 heterocycles. The van der Waals surface area contributed by atoms with Crippen molar-refractivity contribution in [2.75, 3.05) is 49.6 Å². The van der Waals surface area contributed by atoms with Gasteiger partial charge in [-0.05, 0) is 65.6 Å². The van der Waals surface area contributed by atoms with Gasteiger partial charge in [0.1, 0.15) is 11.6 Å². The van der Waals surface area contributed by atoms with Gasteiger partial charge < -0.3 is 19.9 Å². The van der Waals surface area contributed by atoms with Crippen molar-refractivity contribution in [3.8, 4) is 22.4 Å². The van der Waals surface area contributed by atoms with E-state index in [4.69, 9.17) is 9.72 Å². The van der Waals surface area contributed by atoms with E-state index in [1.54, 1.807) is 21.8 Å². The number of amides is 2. The Morgan fingerprint density at radius 2 is 1.87 bits per heavy atom. The van der Waals surface area contributed by atoms with Crippen LogP contribution in [0.2, 0.25) is 0 Å². The van der Waals surface area contributed by atoms with E-state index in [9.17, 15) is 4.79 Å². The third-order valence-electron chi connectivity index (χ3n) is 7.71. The van der Waals surface area contributed by atoms with E-state index < -0.39 is 5.82 Å². The van der Waals surface area contributed by atoms with Gasteiger partial charge in [0.25, 0.3) is 0 Å². The normalized spacial score (nSPS) is 18.2. The van der Waals surface area contributed by atoms with Crippen LogP contribution in [0.15, 0.2) is 36.7 Å². The molecule has 1 unspecified atom stereocenters. The molecule has 2 amide bonds. The molecule has 1 atom stereocenters. The number of urea groups is 1. The summed E-state index contributed by atoms with van der Waals surface area (Å²) < 4.78 is 22.4. The van der Waals surface area contributed by atoms with Crippen molar-refractivity contribution in [2.45, 2.75) is 34.1 Å². The summed E-state index contributed by atoms with van der Waals surface area (Å²) in [6, 6.07) is 7.01. The molecule has 1 aromatic carbocycles. The fraction of sp³-hybridized carbons (Fsp3) is 0.483. The molecule has 2 aliphatic heterocycles. The van der Waals surface area contributed by atoms with Gasteiger partial charge >= 0.3 is 6.03 Å². The van der Waals surface area contributed by atoms with Crippen LogP contribution in [-0.4, -0.2) is 65.1 Å². The van der Waals surface area contributed by atoms with Crippen LogP contribution in [0.3, 0.4) is 0 Å². The maximum atomic E-state index is 15.1. The predicted molar refractivity (Wildman–Crippen MR) is 148 cm³/mol. The number of nitrogens with one attached hydrogen (secondary N) is 1. The van der Waals surface area contributed by atoms with E-state index in [1.165, 1.54) is 6.07 Å². The highest BCUT2D eigenvalue weighted by Gasteiger charge is 2.34. The quantitative estimate of drug-likeness (QED) is 0.503. The first-order chi connectivity index (χ1) is 18.1. The van der Waals surface area contributed by atoms with Crippen LogP contribution >= 0.6 is 0 Å². The summed E-state index contributed by atoms with van der Waals surface area (Å²) in [5.74, 6) is 0.818. The van der Waals surface area contributed by atoms with E-state index in [0.717, 1.165) is 53.3 Å². The molecule has 2 saturated heterocycles. The van der Waals surface area contributed by atoms with Crippen molar-refractivity contribution in [3.05, 3.63) is 48.0 Å². The lowest BCUT2D eigenvalue weighted by Gasteiger charge is -2.28. The van der Waals surface area contributed by atoms with Crippen LogP contribution in [0.1, 0.15) is 32.8 Å². The van der Waals surface area contributed by atoms with Gasteiger partial charge in [-0.1, -0.05) is 20.8 Å². The minimum Gasteiger partial charge on any atom is -0.378 e. The highest BCUT2D eigenvalue weighted by Crippen LogP contribution is 2.36. The van der Waals surface area contributed by atoms with Crippen LogP contribution in [-0.2, 0) is 11.8 Å². The van der Waals surface area contributed by atoms with E-state index >= 15 is 4.39 Å². The Labute approximate surface area is 223 Å². The SMILES string of the molecule is Cc1cc(F)c(NC(=O)N2CCC(C(C)(C)C)C2)cc1-c1cc(-c2cnn(C)c2)nc(N2CCOCC2)c1.